The molecular formula is C12H17ClN2O2S. The standard InChI is InChI=1S/C12H17ClN2O2S/c1-2-17-10-3-8(4-10)5-11(16)15-12-14-9(6-13)7-18-12/h7-8,10H,2-6H2,1H3,(H,14,15,16). The van der Waals surface area contributed by atoms with Crippen molar-refractivity contribution in [1.82, 2.24) is 4.98 Å². The molecule has 0 aliphatic heterocycles. The Morgan fingerprint density at radius 3 is 3.06 bits per heavy atom. The Hall–Kier alpha value is -0.650. The largest absolute Gasteiger partial charge is 0.378 e. The maximum Gasteiger partial charge on any atom is 0.226 e. The summed E-state index contributed by atoms with van der Waals surface area (Å²) in [7, 11) is 0. The van der Waals surface area contributed by atoms with Crippen LogP contribution >= 0.6 is 22.9 Å². The minimum absolute atomic E-state index is 0.0328. The van der Waals surface area contributed by atoms with Crippen molar-refractivity contribution < 1.29 is 9.53 Å². The number of nitrogens with one attached hydrogen (secondary N) is 1. The van der Waals surface area contributed by atoms with Gasteiger partial charge in [-0.25, -0.2) is 4.98 Å². The van der Waals surface area contributed by atoms with Gasteiger partial charge in [0.2, 0.25) is 5.91 Å². The molecule has 18 heavy (non-hydrogen) atoms. The predicted octanol–water partition coefficient (Wildman–Crippen LogP) is 3.03. The summed E-state index contributed by atoms with van der Waals surface area (Å²) in [6.45, 7) is 2.75. The first-order valence-corrected chi connectivity index (χ1v) is 7.54. The van der Waals surface area contributed by atoms with Gasteiger partial charge in [-0.2, -0.15) is 0 Å². The molecule has 0 radical (unpaired) electrons. The first kappa shape index (κ1) is 13.8. The third kappa shape index (κ3) is 3.67. The van der Waals surface area contributed by atoms with Gasteiger partial charge in [-0.05, 0) is 25.7 Å². The van der Waals surface area contributed by atoms with E-state index in [1.807, 2.05) is 12.3 Å². The fraction of sp³-hybridized carbons (Fsp3) is 0.667. The zero-order valence-electron chi connectivity index (χ0n) is 10.3. The fourth-order valence-corrected chi connectivity index (χ4v) is 3.03. The molecule has 1 amide bonds. The number of hydrogen-bond acceptors (Lipinski definition) is 4. The molecule has 1 saturated carbocycles. The van der Waals surface area contributed by atoms with Crippen LogP contribution in [0.2, 0.25) is 0 Å². The van der Waals surface area contributed by atoms with Gasteiger partial charge < -0.3 is 10.1 Å². The van der Waals surface area contributed by atoms with E-state index in [1.54, 1.807) is 0 Å². The summed E-state index contributed by atoms with van der Waals surface area (Å²) in [6.07, 6.45) is 2.90. The Morgan fingerprint density at radius 1 is 1.67 bits per heavy atom. The summed E-state index contributed by atoms with van der Waals surface area (Å²) in [5.41, 5.74) is 0.803. The Kier molecular flexibility index (Phi) is 4.97. The Morgan fingerprint density at radius 2 is 2.44 bits per heavy atom. The number of thiazole rings is 1. The molecule has 1 aromatic rings. The molecule has 0 bridgehead atoms. The monoisotopic (exact) mass is 288 g/mol. The van der Waals surface area contributed by atoms with Crippen molar-refractivity contribution in [1.29, 1.82) is 0 Å². The number of nitrogens with zero attached hydrogens (tertiary/aromatic N) is 1. The van der Waals surface area contributed by atoms with E-state index in [0.717, 1.165) is 25.1 Å². The summed E-state index contributed by atoms with van der Waals surface area (Å²) in [6, 6.07) is 0. The van der Waals surface area contributed by atoms with Crippen molar-refractivity contribution in [2.24, 2.45) is 5.92 Å². The second-order valence-corrected chi connectivity index (χ2v) is 5.57. The molecule has 1 heterocycles. The minimum atomic E-state index is 0.0328. The van der Waals surface area contributed by atoms with Crippen LogP contribution in [0.5, 0.6) is 0 Å². The van der Waals surface area contributed by atoms with Crippen molar-refractivity contribution in [3.8, 4) is 0 Å². The normalized spacial score (nSPS) is 22.6. The zero-order valence-corrected chi connectivity index (χ0v) is 11.9. The Labute approximate surface area is 116 Å². The summed E-state index contributed by atoms with van der Waals surface area (Å²) >= 11 is 7.07. The van der Waals surface area contributed by atoms with E-state index in [1.165, 1.54) is 11.3 Å². The first-order valence-electron chi connectivity index (χ1n) is 6.13. The topological polar surface area (TPSA) is 51.2 Å². The molecule has 1 fully saturated rings. The van der Waals surface area contributed by atoms with Crippen LogP contribution in [-0.2, 0) is 15.4 Å². The molecule has 4 nitrogen and oxygen atoms in total. The minimum Gasteiger partial charge on any atom is -0.378 e. The lowest BCUT2D eigenvalue weighted by molar-refractivity contribution is -0.119. The highest BCUT2D eigenvalue weighted by molar-refractivity contribution is 7.13. The lowest BCUT2D eigenvalue weighted by Gasteiger charge is -2.34. The molecule has 0 aromatic carbocycles. The van der Waals surface area contributed by atoms with Crippen molar-refractivity contribution in [3.05, 3.63) is 11.1 Å². The van der Waals surface area contributed by atoms with E-state index < -0.39 is 0 Å². The Bertz CT molecular complexity index is 405. The first-order chi connectivity index (χ1) is 8.71. The highest BCUT2D eigenvalue weighted by Crippen LogP contribution is 2.33. The molecule has 6 heteroatoms. The number of hydrogen-bond donors (Lipinski definition) is 1. The van der Waals surface area contributed by atoms with Gasteiger partial charge in [-0.3, -0.25) is 4.79 Å². The number of halogens is 1. The van der Waals surface area contributed by atoms with E-state index in [2.05, 4.69) is 10.3 Å². The summed E-state index contributed by atoms with van der Waals surface area (Å²) in [4.78, 5) is 16.0. The molecule has 0 unspecified atom stereocenters. The van der Waals surface area contributed by atoms with Crippen LogP contribution in [0.25, 0.3) is 0 Å². The van der Waals surface area contributed by atoms with E-state index in [9.17, 15) is 4.79 Å². The SMILES string of the molecule is CCOC1CC(CC(=O)Nc2nc(CCl)cs2)C1. The van der Waals surface area contributed by atoms with Crippen LogP contribution in [0.15, 0.2) is 5.38 Å². The molecular weight excluding hydrogens is 272 g/mol. The number of carbonyl (C=O) groups excluding carboxylic acids is 1. The third-order valence-electron chi connectivity index (χ3n) is 3.00. The number of aromatic nitrogens is 1. The molecule has 1 aliphatic rings. The molecule has 0 atom stereocenters. The number of alkyl halides is 1. The van der Waals surface area contributed by atoms with E-state index >= 15 is 0 Å². The fourth-order valence-electron chi connectivity index (χ4n) is 2.07. The van der Waals surface area contributed by atoms with Gasteiger partial charge >= 0.3 is 0 Å². The second kappa shape index (κ2) is 6.50. The van der Waals surface area contributed by atoms with Crippen LogP contribution in [-0.4, -0.2) is 23.6 Å². The van der Waals surface area contributed by atoms with Crippen LogP contribution < -0.4 is 5.32 Å². The molecule has 1 aromatic heterocycles. The lowest BCUT2D eigenvalue weighted by Crippen LogP contribution is -2.33. The number of amides is 1. The van der Waals surface area contributed by atoms with Gasteiger partial charge in [0.25, 0.3) is 0 Å². The average Bonchev–Trinajstić information content (AvgIpc) is 2.74. The van der Waals surface area contributed by atoms with Crippen LogP contribution in [0.3, 0.4) is 0 Å². The van der Waals surface area contributed by atoms with Crippen molar-refractivity contribution in [2.75, 3.05) is 11.9 Å². The molecule has 1 aliphatic carbocycles. The third-order valence-corrected chi connectivity index (χ3v) is 4.08. The summed E-state index contributed by atoms with van der Waals surface area (Å²) < 4.78 is 5.47. The Balaban J connectivity index is 1.70. The van der Waals surface area contributed by atoms with Crippen molar-refractivity contribution in [3.63, 3.8) is 0 Å². The average molecular weight is 289 g/mol. The molecule has 2 rings (SSSR count). The number of anilines is 1. The number of carbonyl (C=O) groups is 1. The predicted molar refractivity (Wildman–Crippen MR) is 73.1 cm³/mol. The molecule has 100 valence electrons. The molecule has 1 N–H and O–H groups in total. The van der Waals surface area contributed by atoms with Crippen LogP contribution in [0, 0.1) is 5.92 Å². The summed E-state index contributed by atoms with van der Waals surface area (Å²) in [5.74, 6) is 0.866. The zero-order chi connectivity index (χ0) is 13.0. The lowest BCUT2D eigenvalue weighted by atomic mass is 9.80. The van der Waals surface area contributed by atoms with Gasteiger partial charge in [0.1, 0.15) is 0 Å². The van der Waals surface area contributed by atoms with Gasteiger partial charge in [-0.15, -0.1) is 22.9 Å². The van der Waals surface area contributed by atoms with Crippen LogP contribution in [0.1, 0.15) is 31.9 Å². The smallest absolute Gasteiger partial charge is 0.226 e. The van der Waals surface area contributed by atoms with Crippen LogP contribution in [0.4, 0.5) is 5.13 Å². The van der Waals surface area contributed by atoms with E-state index in [-0.39, 0.29) is 5.91 Å². The van der Waals surface area contributed by atoms with Crippen molar-refractivity contribution in [2.45, 2.75) is 38.2 Å². The summed E-state index contributed by atoms with van der Waals surface area (Å²) in [5, 5.41) is 5.31. The molecule has 0 saturated heterocycles. The number of ether oxygens (including phenoxy) is 1. The number of rotatable bonds is 6. The van der Waals surface area contributed by atoms with Gasteiger partial charge in [0, 0.05) is 18.4 Å². The highest BCUT2D eigenvalue weighted by atomic mass is 35.5. The van der Waals surface area contributed by atoms with E-state index in [4.69, 9.17) is 16.3 Å². The van der Waals surface area contributed by atoms with Gasteiger partial charge in [-0.1, -0.05) is 0 Å². The maximum atomic E-state index is 11.8. The molecule has 0 spiro atoms. The quantitative estimate of drug-likeness (QED) is 0.819. The van der Waals surface area contributed by atoms with E-state index in [0.29, 0.717) is 29.5 Å². The maximum absolute atomic E-state index is 11.8. The van der Waals surface area contributed by atoms with Gasteiger partial charge in [0.15, 0.2) is 5.13 Å². The second-order valence-electron chi connectivity index (χ2n) is 4.44. The van der Waals surface area contributed by atoms with Crippen molar-refractivity contribution >= 4 is 34.0 Å². The van der Waals surface area contributed by atoms with Gasteiger partial charge in [0.05, 0.1) is 17.7 Å². The highest BCUT2D eigenvalue weighted by Gasteiger charge is 2.31.